The van der Waals surface area contributed by atoms with Crippen LogP contribution in [0.2, 0.25) is 0 Å². The number of hydrogen-bond donors (Lipinski definition) is 2. The fourth-order valence-corrected chi connectivity index (χ4v) is 11.3. The van der Waals surface area contributed by atoms with Crippen LogP contribution in [0, 0.1) is 34.3 Å². The summed E-state index contributed by atoms with van der Waals surface area (Å²) < 4.78 is 2.76. The number of carbonyl (C=O) groups is 4. The second-order valence-corrected chi connectivity index (χ2v) is 21.8. The number of aliphatic imine (C=N–C) groups is 2. The molecule has 0 spiro atoms. The number of nitrogens with two attached hydrogens (primary N) is 2. The van der Waals surface area contributed by atoms with Crippen molar-refractivity contribution >= 4 is 110 Å². The van der Waals surface area contributed by atoms with Gasteiger partial charge in [-0.3, -0.25) is 100 Å². The van der Waals surface area contributed by atoms with E-state index in [1.54, 1.807) is 24.5 Å². The number of rotatable bonds is 12. The third-order valence-corrected chi connectivity index (χ3v) is 15.9. The summed E-state index contributed by atoms with van der Waals surface area (Å²) in [5, 5.41) is 21.6. The molecule has 0 bridgehead atoms. The molecule has 2 aliphatic heterocycles. The van der Waals surface area contributed by atoms with Gasteiger partial charge in [0.1, 0.15) is 23.5 Å². The van der Waals surface area contributed by atoms with Gasteiger partial charge >= 0.3 is 0 Å². The van der Waals surface area contributed by atoms with Crippen molar-refractivity contribution in [2.75, 3.05) is 11.5 Å². The number of hydrogen-bond acceptors (Lipinski definition) is 20. The Balaban J connectivity index is 0.000000469. The number of nitro benzene ring substituents is 2. The molecule has 14 rings (SSSR count). The minimum Gasteiger partial charge on any atom is -0.545 e. The molecule has 4 N–H and O–H groups in total. The molecule has 2 unspecified atom stereocenters. The third kappa shape index (κ3) is 23.2. The molecule has 109 heavy (non-hydrogen) atoms. The van der Waals surface area contributed by atoms with E-state index < -0.39 is 44.4 Å². The zero-order chi connectivity index (χ0) is 77.8. The van der Waals surface area contributed by atoms with E-state index in [2.05, 4.69) is 213 Å². The van der Waals surface area contributed by atoms with E-state index in [4.69, 9.17) is 60.2 Å². The molecule has 0 amide bonds. The number of nitrogens with zero attached hydrogens (tertiary/aromatic N) is 8. The van der Waals surface area contributed by atoms with E-state index in [1.165, 1.54) is 125 Å². The second kappa shape index (κ2) is 47.0. The smallest absolute Gasteiger partial charge is 0.292 e. The number of nitrogen functional groups attached to an aromatic ring is 2. The van der Waals surface area contributed by atoms with Crippen LogP contribution in [0.3, 0.4) is 0 Å². The van der Waals surface area contributed by atoms with Gasteiger partial charge in [-0.05, 0) is 128 Å². The second-order valence-electron chi connectivity index (χ2n) is 21.8. The van der Waals surface area contributed by atoms with E-state index in [0.717, 1.165) is 36.4 Å². The topological polar surface area (TPSA) is 367 Å². The molecular weight excluding hydrogens is 1730 g/mol. The van der Waals surface area contributed by atoms with Crippen LogP contribution in [0.5, 0.6) is 0 Å². The molecule has 0 saturated heterocycles. The van der Waals surface area contributed by atoms with Crippen LogP contribution in [0.25, 0.3) is 33.4 Å². The molecule has 24 nitrogen and oxygen atoms in total. The number of dihydropyridines is 2. The van der Waals surface area contributed by atoms with Crippen molar-refractivity contribution in [3.05, 3.63) is 357 Å². The first-order valence-corrected chi connectivity index (χ1v) is 31.0. The van der Waals surface area contributed by atoms with Gasteiger partial charge in [-0.15, -0.1) is 0 Å². The van der Waals surface area contributed by atoms with Gasteiger partial charge < -0.3 is 49.4 Å². The molecule has 4 aliphatic rings. The Morgan fingerprint density at radius 1 is 0.422 bits per heavy atom. The maximum absolute atomic E-state index is 12.1. The van der Waals surface area contributed by atoms with E-state index in [9.17, 15) is 39.4 Å². The molecule has 4 aromatic heterocycles. The Bertz CT molecular complexity index is 4650. The number of pyridine rings is 4. The van der Waals surface area contributed by atoms with Crippen molar-refractivity contribution in [1.82, 2.24) is 9.97 Å². The Morgan fingerprint density at radius 2 is 0.725 bits per heavy atom. The minimum atomic E-state index is -0.843. The van der Waals surface area contributed by atoms with E-state index in [1.807, 2.05) is 24.8 Å². The summed E-state index contributed by atoms with van der Waals surface area (Å²) in [7, 11) is 7.18. The van der Waals surface area contributed by atoms with Crippen LogP contribution in [0.4, 0.5) is 22.7 Å². The summed E-state index contributed by atoms with van der Waals surface area (Å²) in [6.07, 6.45) is 24.4. The fraction of sp³-hybridized carbons (Fsp3) is 0.0602. The summed E-state index contributed by atoms with van der Waals surface area (Å²) >= 11 is 0. The van der Waals surface area contributed by atoms with Crippen molar-refractivity contribution in [2.45, 2.75) is 32.4 Å². The first kappa shape index (κ1) is 91.5. The van der Waals surface area contributed by atoms with Crippen LogP contribution >= 0.6 is 0 Å². The molecule has 2 atom stereocenters. The van der Waals surface area contributed by atoms with Crippen molar-refractivity contribution in [3.8, 4) is 22.3 Å². The van der Waals surface area contributed by atoms with E-state index >= 15 is 0 Å². The molecule has 6 aromatic carbocycles. The van der Waals surface area contributed by atoms with E-state index in [0.29, 0.717) is 0 Å². The van der Waals surface area contributed by atoms with Gasteiger partial charge in [0.2, 0.25) is 23.1 Å². The van der Waals surface area contributed by atoms with E-state index in [-0.39, 0.29) is 94.0 Å². The molecule has 10 aromatic rings. The van der Waals surface area contributed by atoms with Gasteiger partial charge in [0.05, 0.1) is 46.0 Å². The monoisotopic (exact) mass is 1800 g/mol. The van der Waals surface area contributed by atoms with Crippen molar-refractivity contribution in [3.63, 3.8) is 0 Å². The largest absolute Gasteiger partial charge is 0.545 e. The summed E-state index contributed by atoms with van der Waals surface area (Å²) in [6.45, 7) is 19.5. The number of ketones is 4. The molecular formula is C83H68N10O14Re2-6. The standard InChI is InChI=1S/2C24H18N2.2C14H11N3O4.6CHO.CH4.2Re/c2*1-3-7-17(8-4-1)19-13-15-25-23-21(19)11-12-22-20(14-16-26-24(22)23)18-9-5-2-6-10-18;2*1-16-6-2-3-10(8-16)14(19)13(18)9-4-5-11(15)12(7-9)17(20)21;6*1-2;;;/h2*1-11,13-16,23H,12H2;2*2-8H,1,15H2;6*1H;1H4;;/q;;;;6*-1;;;. The molecule has 554 valence electrons. The number of nitro groups is 2. The first-order chi connectivity index (χ1) is 51.6. The maximum Gasteiger partial charge on any atom is 0.292 e. The van der Waals surface area contributed by atoms with Crippen LogP contribution in [0.1, 0.15) is 94.6 Å². The molecule has 2 aliphatic carbocycles. The van der Waals surface area contributed by atoms with Gasteiger partial charge in [-0.1, -0.05) is 165 Å². The van der Waals surface area contributed by atoms with Gasteiger partial charge in [0, 0.05) is 114 Å². The summed E-state index contributed by atoms with van der Waals surface area (Å²) in [5.41, 5.74) is 27.3. The zero-order valence-electron chi connectivity index (χ0n) is 57.1. The number of Topliss-reactive ketones (excluding diaryl/α,β-unsaturated/α-hetero) is 4. The summed E-state index contributed by atoms with van der Waals surface area (Å²) in [6, 6.07) is 59.5. The average molecular weight is 1800 g/mol. The fourth-order valence-electron chi connectivity index (χ4n) is 11.3. The van der Waals surface area contributed by atoms with Gasteiger partial charge in [-0.25, -0.2) is 0 Å². The van der Waals surface area contributed by atoms with Gasteiger partial charge in [-0.2, -0.15) is 0 Å². The van der Waals surface area contributed by atoms with Gasteiger partial charge in [0.25, 0.3) is 11.4 Å². The average Bonchev–Trinajstić information content (AvgIpc) is 0.764. The molecule has 0 saturated carbocycles. The number of fused-ring (bicyclic) bond motifs is 6. The zero-order valence-corrected chi connectivity index (χ0v) is 62.5. The third-order valence-electron chi connectivity index (χ3n) is 15.9. The normalized spacial score (nSPS) is 12.6. The van der Waals surface area contributed by atoms with Gasteiger partial charge in [0.15, 0.2) is 0 Å². The Labute approximate surface area is 656 Å². The first-order valence-electron chi connectivity index (χ1n) is 31.0. The van der Waals surface area contributed by atoms with Crippen LogP contribution < -0.4 is 20.6 Å². The molecule has 0 fully saturated rings. The van der Waals surface area contributed by atoms with Crippen molar-refractivity contribution < 1.29 is 108 Å². The summed E-state index contributed by atoms with van der Waals surface area (Å²) in [4.78, 5) is 134. The number of benzene rings is 6. The predicted molar refractivity (Wildman–Crippen MR) is 409 cm³/mol. The quantitative estimate of drug-likeness (QED) is 0.0168. The number of allylic oxidation sites excluding steroid dienone is 4. The Hall–Kier alpha value is -13.6. The Morgan fingerprint density at radius 3 is 1.03 bits per heavy atom. The predicted octanol–water partition coefficient (Wildman–Crippen LogP) is 12.2. The van der Waals surface area contributed by atoms with Crippen molar-refractivity contribution in [2.24, 2.45) is 9.98 Å². The number of anilines is 2. The summed E-state index contributed by atoms with van der Waals surface area (Å²) in [5.74, 6) is -3.23. The van der Waals surface area contributed by atoms with Crippen LogP contribution in [0.15, 0.2) is 277 Å². The minimum absolute atomic E-state index is 0. The Kier molecular flexibility index (Phi) is 39.4. The number of carbonyl (C=O) groups excluding carboxylic acids is 10. The van der Waals surface area contributed by atoms with Crippen molar-refractivity contribution in [1.29, 1.82) is 0 Å². The SMILES string of the molecule is C.C1=NC2C(=CCc3c(-c4ccccc4)ccnc32)C(c2ccccc2)=C1.C1=NC2C(=CCc3c(-c4ccccc4)ccnc32)C(c2ccccc2)=C1.[CH-]=O.[CH-]=O.[CH-]=O.[CH-]=O.[CH-]=O.[CH-]=O.[CH2-][n+]1cccc(C(=O)C(=O)c2ccc(N)c([N+](=O)[O-])c2)c1.[CH2-][n+]1cccc(C(=O)C(=O)c2ccc(N)c([N+](=O)[O-])c2)c1.[Re].[Re]. The maximum atomic E-state index is 12.1. The molecule has 6 heterocycles. The van der Waals surface area contributed by atoms with Crippen LogP contribution in [-0.2, 0) is 82.5 Å². The molecule has 26 heteroatoms. The van der Waals surface area contributed by atoms with Crippen LogP contribution in [-0.4, -0.2) is 96.1 Å². The molecule has 2 radical (unpaired) electrons. The number of aromatic nitrogens is 4.